The van der Waals surface area contributed by atoms with E-state index in [0.717, 1.165) is 34.2 Å². The van der Waals surface area contributed by atoms with Crippen LogP contribution in [0.5, 0.6) is 0 Å². The highest BCUT2D eigenvalue weighted by Gasteiger charge is 2.30. The number of nitrogens with zero attached hydrogens (tertiary/aromatic N) is 2. The molecule has 5 rings (SSSR count). The fraction of sp³-hybridized carbons (Fsp3) is 0.440. The highest BCUT2D eigenvalue weighted by molar-refractivity contribution is 7.21. The Bertz CT molecular complexity index is 1090. The minimum absolute atomic E-state index is 0.117. The number of aryl methyl sites for hydroxylation is 1. The number of aromatic nitrogens is 1. The number of carbonyl (C=O) groups is 1. The van der Waals surface area contributed by atoms with Crippen LogP contribution in [0, 0.1) is 18.8 Å². The van der Waals surface area contributed by atoms with E-state index in [-0.39, 0.29) is 5.91 Å². The molecule has 1 aliphatic heterocycles. The first-order valence-electron chi connectivity index (χ1n) is 11.3. The summed E-state index contributed by atoms with van der Waals surface area (Å²) in [6, 6.07) is 12.7. The van der Waals surface area contributed by atoms with Crippen molar-refractivity contribution in [2.45, 2.75) is 39.0 Å². The zero-order valence-corrected chi connectivity index (χ0v) is 18.9. The molecule has 1 unspecified atom stereocenters. The molecular weight excluding hydrogens is 404 g/mol. The number of nitrogens with two attached hydrogens (primary N) is 1. The van der Waals surface area contributed by atoms with Crippen molar-refractivity contribution < 1.29 is 4.79 Å². The van der Waals surface area contributed by atoms with Gasteiger partial charge in [-0.3, -0.25) is 4.79 Å². The Kier molecular flexibility index (Phi) is 5.57. The Morgan fingerprint density at radius 1 is 1.16 bits per heavy atom. The SMILES string of the molecule is Cc1ccc2c(N)c(C(=O)NCCc3ccc(N4CCC(CC5CC5)C4)cc3)sc2n1. The maximum atomic E-state index is 12.6. The van der Waals surface area contributed by atoms with Crippen molar-refractivity contribution in [3.05, 3.63) is 52.5 Å². The number of carbonyl (C=O) groups excluding carboxylic acids is 1. The predicted molar refractivity (Wildman–Crippen MR) is 129 cm³/mol. The monoisotopic (exact) mass is 434 g/mol. The van der Waals surface area contributed by atoms with Gasteiger partial charge in [-0.1, -0.05) is 25.0 Å². The van der Waals surface area contributed by atoms with E-state index in [1.54, 1.807) is 0 Å². The molecule has 1 saturated carbocycles. The van der Waals surface area contributed by atoms with Gasteiger partial charge in [-0.25, -0.2) is 4.98 Å². The number of amides is 1. The first-order chi connectivity index (χ1) is 15.1. The van der Waals surface area contributed by atoms with Crippen LogP contribution in [0.1, 0.15) is 46.6 Å². The third-order valence-corrected chi connectivity index (χ3v) is 7.70. The second kappa shape index (κ2) is 8.50. The topological polar surface area (TPSA) is 71.2 Å². The molecule has 6 heteroatoms. The molecule has 3 aromatic rings. The molecule has 2 aromatic heterocycles. The van der Waals surface area contributed by atoms with E-state index >= 15 is 0 Å². The van der Waals surface area contributed by atoms with Gasteiger partial charge in [0, 0.05) is 36.4 Å². The van der Waals surface area contributed by atoms with Gasteiger partial charge in [0.15, 0.2) is 0 Å². The molecule has 2 aliphatic rings. The Morgan fingerprint density at radius 2 is 1.97 bits per heavy atom. The van der Waals surface area contributed by atoms with Crippen molar-refractivity contribution in [1.29, 1.82) is 0 Å². The third-order valence-electron chi connectivity index (χ3n) is 6.59. The third kappa shape index (κ3) is 4.54. The minimum Gasteiger partial charge on any atom is -0.397 e. The molecule has 1 saturated heterocycles. The average molecular weight is 435 g/mol. The highest BCUT2D eigenvalue weighted by Crippen LogP contribution is 2.38. The first kappa shape index (κ1) is 20.3. The van der Waals surface area contributed by atoms with Crippen LogP contribution in [0.4, 0.5) is 11.4 Å². The Morgan fingerprint density at radius 3 is 2.74 bits per heavy atom. The van der Waals surface area contributed by atoms with Gasteiger partial charge in [0.25, 0.3) is 5.91 Å². The number of nitrogens with one attached hydrogen (secondary N) is 1. The number of anilines is 2. The van der Waals surface area contributed by atoms with Gasteiger partial charge in [-0.2, -0.15) is 0 Å². The summed E-state index contributed by atoms with van der Waals surface area (Å²) >= 11 is 1.36. The Balaban J connectivity index is 1.14. The van der Waals surface area contributed by atoms with Crippen LogP contribution in [0.2, 0.25) is 0 Å². The number of hydrogen-bond acceptors (Lipinski definition) is 5. The number of pyridine rings is 1. The Hall–Kier alpha value is -2.60. The lowest BCUT2D eigenvalue weighted by atomic mass is 10.0. The average Bonchev–Trinajstić information content (AvgIpc) is 3.35. The summed E-state index contributed by atoms with van der Waals surface area (Å²) in [5, 5.41) is 3.88. The van der Waals surface area contributed by atoms with Gasteiger partial charge in [0.2, 0.25) is 0 Å². The van der Waals surface area contributed by atoms with Crippen LogP contribution in [0.25, 0.3) is 10.2 Å². The van der Waals surface area contributed by atoms with Crippen LogP contribution < -0.4 is 16.0 Å². The van der Waals surface area contributed by atoms with E-state index in [2.05, 4.69) is 39.5 Å². The lowest BCUT2D eigenvalue weighted by Crippen LogP contribution is -2.25. The molecule has 5 nitrogen and oxygen atoms in total. The van der Waals surface area contributed by atoms with Crippen molar-refractivity contribution in [3.63, 3.8) is 0 Å². The van der Waals surface area contributed by atoms with Gasteiger partial charge in [-0.15, -0.1) is 11.3 Å². The largest absolute Gasteiger partial charge is 0.397 e. The second-order valence-corrected chi connectivity index (χ2v) is 10.1. The quantitative estimate of drug-likeness (QED) is 0.561. The summed E-state index contributed by atoms with van der Waals surface area (Å²) in [7, 11) is 0. The molecule has 1 aliphatic carbocycles. The highest BCUT2D eigenvalue weighted by atomic mass is 32.1. The van der Waals surface area contributed by atoms with E-state index in [4.69, 9.17) is 5.73 Å². The predicted octanol–water partition coefficient (Wildman–Crippen LogP) is 4.79. The lowest BCUT2D eigenvalue weighted by Gasteiger charge is -2.19. The second-order valence-electron chi connectivity index (χ2n) is 9.10. The summed E-state index contributed by atoms with van der Waals surface area (Å²) in [4.78, 5) is 21.0. The fourth-order valence-corrected chi connectivity index (χ4v) is 5.67. The van der Waals surface area contributed by atoms with Crippen molar-refractivity contribution >= 4 is 38.8 Å². The number of nitrogen functional groups attached to an aromatic ring is 1. The normalized spacial score (nSPS) is 18.6. The number of hydrogen-bond donors (Lipinski definition) is 2. The van der Waals surface area contributed by atoms with E-state index in [1.807, 2.05) is 19.1 Å². The maximum Gasteiger partial charge on any atom is 0.263 e. The molecule has 31 heavy (non-hydrogen) atoms. The van der Waals surface area contributed by atoms with Crippen LogP contribution in [0.3, 0.4) is 0 Å². The molecule has 2 fully saturated rings. The number of rotatable bonds is 7. The maximum absolute atomic E-state index is 12.6. The molecule has 162 valence electrons. The molecule has 1 amide bonds. The summed E-state index contributed by atoms with van der Waals surface area (Å²) in [5.41, 5.74) is 10.2. The summed E-state index contributed by atoms with van der Waals surface area (Å²) in [6.45, 7) is 4.91. The summed E-state index contributed by atoms with van der Waals surface area (Å²) in [6.07, 6.45) is 6.47. The molecule has 3 heterocycles. The van der Waals surface area contributed by atoms with Crippen LogP contribution in [-0.4, -0.2) is 30.5 Å². The molecule has 3 N–H and O–H groups in total. The fourth-order valence-electron chi connectivity index (χ4n) is 4.62. The van der Waals surface area contributed by atoms with Crippen LogP contribution in [-0.2, 0) is 6.42 Å². The molecule has 1 atom stereocenters. The lowest BCUT2D eigenvalue weighted by molar-refractivity contribution is 0.0959. The van der Waals surface area contributed by atoms with Gasteiger partial charge >= 0.3 is 0 Å². The van der Waals surface area contributed by atoms with Crippen molar-refractivity contribution in [1.82, 2.24) is 10.3 Å². The first-order valence-corrected chi connectivity index (χ1v) is 12.2. The van der Waals surface area contributed by atoms with E-state index in [0.29, 0.717) is 17.1 Å². The smallest absolute Gasteiger partial charge is 0.263 e. The molecular formula is C25H30N4OS. The zero-order valence-electron chi connectivity index (χ0n) is 18.1. The standard InChI is InChI=1S/C25H30N4OS/c1-16-2-9-21-22(26)23(31-25(21)28-16)24(30)27-12-10-17-5-7-20(8-6-17)29-13-11-19(15-29)14-18-3-4-18/h2,5-9,18-19H,3-4,10-15,26H2,1H3,(H,27,30). The van der Waals surface area contributed by atoms with Crippen molar-refractivity contribution in [3.8, 4) is 0 Å². The zero-order chi connectivity index (χ0) is 21.4. The molecule has 1 aromatic carbocycles. The minimum atomic E-state index is -0.117. The number of benzene rings is 1. The van der Waals surface area contributed by atoms with Gasteiger partial charge in [0.05, 0.1) is 5.69 Å². The van der Waals surface area contributed by atoms with Gasteiger partial charge in [0.1, 0.15) is 9.71 Å². The van der Waals surface area contributed by atoms with E-state index < -0.39 is 0 Å². The van der Waals surface area contributed by atoms with Crippen molar-refractivity contribution in [2.75, 3.05) is 30.3 Å². The van der Waals surface area contributed by atoms with Gasteiger partial charge in [-0.05, 0) is 67.9 Å². The van der Waals surface area contributed by atoms with Crippen molar-refractivity contribution in [2.24, 2.45) is 11.8 Å². The molecule has 0 bridgehead atoms. The van der Waals surface area contributed by atoms with Crippen LogP contribution in [0.15, 0.2) is 36.4 Å². The Labute approximate surface area is 187 Å². The number of fused-ring (bicyclic) bond motifs is 1. The summed E-state index contributed by atoms with van der Waals surface area (Å²) in [5.74, 6) is 1.78. The number of thiophene rings is 1. The molecule has 0 spiro atoms. The van der Waals surface area contributed by atoms with E-state index in [9.17, 15) is 4.79 Å². The molecule has 0 radical (unpaired) electrons. The van der Waals surface area contributed by atoms with Crippen LogP contribution >= 0.6 is 11.3 Å². The van der Waals surface area contributed by atoms with Gasteiger partial charge < -0.3 is 16.0 Å². The summed E-state index contributed by atoms with van der Waals surface area (Å²) < 4.78 is 0. The van der Waals surface area contributed by atoms with E-state index in [1.165, 1.54) is 61.4 Å².